The maximum Gasteiger partial charge on any atom is 0.417 e. The second-order valence-corrected chi connectivity index (χ2v) is 10.3. The Balaban J connectivity index is 1.81. The molecule has 2 heterocycles. The van der Waals surface area contributed by atoms with Crippen molar-refractivity contribution in [3.8, 4) is 0 Å². The zero-order valence-electron chi connectivity index (χ0n) is 18.5. The monoisotopic (exact) mass is 465 g/mol. The van der Waals surface area contributed by atoms with Crippen molar-refractivity contribution >= 4 is 5.91 Å². The molecule has 2 atom stereocenters. The summed E-state index contributed by atoms with van der Waals surface area (Å²) in [7, 11) is 0. The Labute approximate surface area is 183 Å². The van der Waals surface area contributed by atoms with E-state index in [-0.39, 0.29) is 49.4 Å². The van der Waals surface area contributed by atoms with Crippen LogP contribution >= 0.6 is 0 Å². The number of nitrogens with zero attached hydrogens (tertiary/aromatic N) is 2. The minimum atomic E-state index is -4.58. The molecule has 4 nitrogen and oxygen atoms in total. The summed E-state index contributed by atoms with van der Waals surface area (Å²) in [6.45, 7) is 6.62. The quantitative estimate of drug-likeness (QED) is 0.629. The number of aromatic nitrogens is 1. The van der Waals surface area contributed by atoms with Crippen molar-refractivity contribution in [3.05, 3.63) is 29.1 Å². The third kappa shape index (κ3) is 5.94. The van der Waals surface area contributed by atoms with Gasteiger partial charge >= 0.3 is 12.4 Å². The number of halogens is 6. The average Bonchev–Trinajstić information content (AvgIpc) is 3.06. The van der Waals surface area contributed by atoms with E-state index >= 15 is 0 Å². The summed E-state index contributed by atoms with van der Waals surface area (Å²) in [5.74, 6) is -0.627. The first-order valence-electron chi connectivity index (χ1n) is 10.7. The van der Waals surface area contributed by atoms with Gasteiger partial charge in [0.1, 0.15) is 0 Å². The molecule has 1 aliphatic heterocycles. The van der Waals surface area contributed by atoms with Gasteiger partial charge in [-0.1, -0.05) is 20.8 Å². The number of nitrogens with one attached hydrogen (secondary N) is 1. The highest BCUT2D eigenvalue weighted by Crippen LogP contribution is 2.48. The minimum absolute atomic E-state index is 0.0565. The van der Waals surface area contributed by atoms with E-state index in [2.05, 4.69) is 10.3 Å². The van der Waals surface area contributed by atoms with E-state index in [9.17, 15) is 31.1 Å². The highest BCUT2D eigenvalue weighted by Gasteiger charge is 2.53. The first-order valence-corrected chi connectivity index (χ1v) is 10.7. The van der Waals surface area contributed by atoms with Gasteiger partial charge in [-0.05, 0) is 36.3 Å². The average molecular weight is 465 g/mol. The van der Waals surface area contributed by atoms with Crippen molar-refractivity contribution in [1.82, 2.24) is 15.2 Å². The van der Waals surface area contributed by atoms with E-state index in [4.69, 9.17) is 0 Å². The molecule has 0 unspecified atom stereocenters. The summed E-state index contributed by atoms with van der Waals surface area (Å²) in [6, 6.07) is 0.733. The third-order valence-electron chi connectivity index (χ3n) is 6.18. The summed E-state index contributed by atoms with van der Waals surface area (Å²) in [5, 5.41) is 3.29. The lowest BCUT2D eigenvalue weighted by molar-refractivity contribution is -0.174. The molecule has 0 aromatic carbocycles. The Morgan fingerprint density at radius 2 is 1.91 bits per heavy atom. The zero-order valence-corrected chi connectivity index (χ0v) is 18.5. The Kier molecular flexibility index (Phi) is 6.59. The number of hydrogen-bond acceptors (Lipinski definition) is 3. The molecule has 2 aliphatic rings. The van der Waals surface area contributed by atoms with Crippen molar-refractivity contribution in [2.45, 2.75) is 77.8 Å². The highest BCUT2D eigenvalue weighted by atomic mass is 19.4. The van der Waals surface area contributed by atoms with E-state index in [0.29, 0.717) is 18.7 Å². The molecule has 1 fully saturated rings. The highest BCUT2D eigenvalue weighted by molar-refractivity contribution is 5.83. The van der Waals surface area contributed by atoms with Crippen molar-refractivity contribution in [2.75, 3.05) is 13.1 Å². The first kappa shape index (κ1) is 24.8. The fourth-order valence-corrected chi connectivity index (χ4v) is 4.66. The largest absolute Gasteiger partial charge is 0.417 e. The van der Waals surface area contributed by atoms with E-state index in [0.717, 1.165) is 12.3 Å². The summed E-state index contributed by atoms with van der Waals surface area (Å²) < 4.78 is 79.6. The summed E-state index contributed by atoms with van der Waals surface area (Å²) >= 11 is 0. The fraction of sp³-hybridized carbons (Fsp3) is 0.727. The van der Waals surface area contributed by atoms with Gasteiger partial charge in [-0.25, -0.2) is 0 Å². The van der Waals surface area contributed by atoms with Crippen LogP contribution < -0.4 is 5.32 Å². The Hall–Kier alpha value is -1.84. The van der Waals surface area contributed by atoms with Crippen LogP contribution in [0.4, 0.5) is 26.3 Å². The smallest absolute Gasteiger partial charge is 0.337 e. The van der Waals surface area contributed by atoms with Crippen LogP contribution in [0.5, 0.6) is 0 Å². The van der Waals surface area contributed by atoms with Gasteiger partial charge in [0.2, 0.25) is 5.91 Å². The minimum Gasteiger partial charge on any atom is -0.337 e. The van der Waals surface area contributed by atoms with Crippen molar-refractivity contribution in [3.63, 3.8) is 0 Å². The Morgan fingerprint density at radius 1 is 1.22 bits per heavy atom. The van der Waals surface area contributed by atoms with Gasteiger partial charge in [0.25, 0.3) is 0 Å². The van der Waals surface area contributed by atoms with Crippen molar-refractivity contribution in [2.24, 2.45) is 10.8 Å². The maximum absolute atomic E-state index is 13.5. The number of hydrogen-bond donors (Lipinski definition) is 1. The molecule has 1 amide bonds. The van der Waals surface area contributed by atoms with Crippen LogP contribution in [-0.4, -0.2) is 41.1 Å². The SMILES string of the molecule is CC(C)(C)CN[C@@H]1CC[C@](CC(F)(F)F)(C(=O)N2CCc3ncc(C(F)(F)F)cc3C2)C1. The van der Waals surface area contributed by atoms with E-state index in [1.54, 1.807) is 0 Å². The van der Waals surface area contributed by atoms with Gasteiger partial charge in [0.05, 0.1) is 17.4 Å². The molecule has 0 saturated heterocycles. The fourth-order valence-electron chi connectivity index (χ4n) is 4.66. The number of carbonyl (C=O) groups excluding carboxylic acids is 1. The predicted octanol–water partition coefficient (Wildman–Crippen LogP) is 5.11. The third-order valence-corrected chi connectivity index (χ3v) is 6.18. The Bertz CT molecular complexity index is 846. The number of rotatable bonds is 4. The molecule has 32 heavy (non-hydrogen) atoms. The molecular formula is C22H29F6N3O. The summed E-state index contributed by atoms with van der Waals surface area (Å²) in [4.78, 5) is 18.5. The van der Waals surface area contributed by atoms with Crippen LogP contribution in [0.25, 0.3) is 0 Å². The van der Waals surface area contributed by atoms with Crippen LogP contribution in [-0.2, 0) is 23.9 Å². The molecular weight excluding hydrogens is 436 g/mol. The molecule has 1 aliphatic carbocycles. The van der Waals surface area contributed by atoms with Crippen molar-refractivity contribution in [1.29, 1.82) is 0 Å². The second kappa shape index (κ2) is 8.50. The molecule has 0 spiro atoms. The molecule has 0 radical (unpaired) electrons. The molecule has 1 saturated carbocycles. The van der Waals surface area contributed by atoms with Crippen molar-refractivity contribution < 1.29 is 31.1 Å². The lowest BCUT2D eigenvalue weighted by Gasteiger charge is -2.37. The van der Waals surface area contributed by atoms with Gasteiger partial charge in [-0.15, -0.1) is 0 Å². The molecule has 10 heteroatoms. The zero-order chi connectivity index (χ0) is 23.9. The number of pyridine rings is 1. The topological polar surface area (TPSA) is 45.2 Å². The molecule has 1 aromatic rings. The molecule has 1 aromatic heterocycles. The molecule has 3 rings (SSSR count). The number of fused-ring (bicyclic) bond motifs is 1. The number of alkyl halides is 6. The van der Waals surface area contributed by atoms with Crippen LogP contribution in [0.2, 0.25) is 0 Å². The van der Waals surface area contributed by atoms with Crippen LogP contribution in [0, 0.1) is 10.8 Å². The van der Waals surface area contributed by atoms with Gasteiger partial charge in [-0.3, -0.25) is 9.78 Å². The first-order chi connectivity index (χ1) is 14.6. The van der Waals surface area contributed by atoms with Gasteiger partial charge < -0.3 is 10.2 Å². The van der Waals surface area contributed by atoms with Crippen LogP contribution in [0.3, 0.4) is 0 Å². The van der Waals surface area contributed by atoms with Crippen LogP contribution in [0.1, 0.15) is 63.3 Å². The van der Waals surface area contributed by atoms with E-state index < -0.39 is 35.7 Å². The predicted molar refractivity (Wildman–Crippen MR) is 107 cm³/mol. The number of amides is 1. The van der Waals surface area contributed by atoms with Gasteiger partial charge in [0, 0.05) is 44.0 Å². The normalized spacial score (nSPS) is 24.5. The summed E-state index contributed by atoms with van der Waals surface area (Å²) in [6.07, 6.45) is -8.75. The lowest BCUT2D eigenvalue weighted by atomic mass is 9.80. The van der Waals surface area contributed by atoms with Crippen LogP contribution in [0.15, 0.2) is 12.3 Å². The Morgan fingerprint density at radius 3 is 2.50 bits per heavy atom. The lowest BCUT2D eigenvalue weighted by Crippen LogP contribution is -2.48. The van der Waals surface area contributed by atoms with E-state index in [1.807, 2.05) is 20.8 Å². The van der Waals surface area contributed by atoms with Gasteiger partial charge in [-0.2, -0.15) is 26.3 Å². The number of carbonyl (C=O) groups is 1. The molecule has 1 N–H and O–H groups in total. The van der Waals surface area contributed by atoms with Gasteiger partial charge in [0.15, 0.2) is 0 Å². The molecule has 0 bridgehead atoms. The standard InChI is InChI=1S/C22H29F6N3O/c1-19(2,3)13-30-16-4-6-20(9-16,12-21(23,24)25)18(32)31-7-5-17-14(11-31)8-15(10-29-17)22(26,27)28/h8,10,16,30H,4-7,9,11-13H2,1-3H3/t16-,20+/m1/s1. The molecule has 180 valence electrons. The van der Waals surface area contributed by atoms with E-state index in [1.165, 1.54) is 4.90 Å². The second-order valence-electron chi connectivity index (χ2n) is 10.3. The summed E-state index contributed by atoms with van der Waals surface area (Å²) in [5.41, 5.74) is -1.90. The maximum atomic E-state index is 13.5.